The van der Waals surface area contributed by atoms with Gasteiger partial charge in [-0.1, -0.05) is 29.3 Å². The number of rotatable bonds is 4. The smallest absolute Gasteiger partial charge is 0.408 e. The van der Waals surface area contributed by atoms with Crippen molar-refractivity contribution in [2.75, 3.05) is 18.0 Å². The van der Waals surface area contributed by atoms with E-state index in [2.05, 4.69) is 25.9 Å². The van der Waals surface area contributed by atoms with E-state index >= 15 is 0 Å². The zero-order valence-corrected chi connectivity index (χ0v) is 16.5. The summed E-state index contributed by atoms with van der Waals surface area (Å²) >= 11 is 15.3. The van der Waals surface area contributed by atoms with E-state index in [9.17, 15) is 15.0 Å². The van der Waals surface area contributed by atoms with Crippen molar-refractivity contribution in [2.24, 2.45) is 0 Å². The standard InChI is InChI=1S/C16H15BrCl2N4O3/c17-10-4-20-15(21-5-10)22-7-13(14(24)8-22)23(16(25)26)6-9-1-2-11(18)3-12(9)19/h1-5,13-14,24H,6-8H2,(H,25,26)/t13-,14+/m1/s1. The average Bonchev–Trinajstić information content (AvgIpc) is 2.96. The lowest BCUT2D eigenvalue weighted by Gasteiger charge is -2.28. The highest BCUT2D eigenvalue weighted by Crippen LogP contribution is 2.26. The third kappa shape index (κ3) is 4.20. The van der Waals surface area contributed by atoms with Crippen LogP contribution in [0.5, 0.6) is 0 Å². The normalized spacial score (nSPS) is 19.6. The second-order valence-corrected chi connectivity index (χ2v) is 7.65. The van der Waals surface area contributed by atoms with Gasteiger partial charge in [-0.3, -0.25) is 4.90 Å². The van der Waals surface area contributed by atoms with E-state index in [0.717, 1.165) is 4.47 Å². The quantitative estimate of drug-likeness (QED) is 0.726. The summed E-state index contributed by atoms with van der Waals surface area (Å²) in [4.78, 5) is 23.1. The molecule has 1 aliphatic rings. The van der Waals surface area contributed by atoms with Crippen LogP contribution in [0.25, 0.3) is 0 Å². The van der Waals surface area contributed by atoms with Gasteiger partial charge in [0.25, 0.3) is 0 Å². The molecule has 0 spiro atoms. The number of carboxylic acid groups (broad SMARTS) is 1. The Labute approximate surface area is 168 Å². The number of hydrogen-bond acceptors (Lipinski definition) is 5. The maximum atomic E-state index is 11.8. The molecule has 138 valence electrons. The second-order valence-electron chi connectivity index (χ2n) is 5.89. The number of aliphatic hydroxyl groups is 1. The Hall–Kier alpha value is -1.61. The number of aliphatic hydroxyl groups excluding tert-OH is 1. The van der Waals surface area contributed by atoms with Crippen molar-refractivity contribution in [1.29, 1.82) is 0 Å². The molecule has 10 heteroatoms. The minimum absolute atomic E-state index is 0.0437. The minimum atomic E-state index is -1.14. The SMILES string of the molecule is O=C(O)N(Cc1ccc(Cl)cc1Cl)[C@@H]1CN(c2ncc(Br)cn2)C[C@@H]1O. The molecule has 1 saturated heterocycles. The highest BCUT2D eigenvalue weighted by atomic mass is 79.9. The monoisotopic (exact) mass is 460 g/mol. The number of halogens is 3. The molecule has 3 rings (SSSR count). The Balaban J connectivity index is 1.79. The topological polar surface area (TPSA) is 89.8 Å². The van der Waals surface area contributed by atoms with Crippen LogP contribution in [0.1, 0.15) is 5.56 Å². The average molecular weight is 462 g/mol. The first-order valence-corrected chi connectivity index (χ1v) is 9.24. The summed E-state index contributed by atoms with van der Waals surface area (Å²) in [6.07, 6.45) is 1.19. The van der Waals surface area contributed by atoms with Crippen molar-refractivity contribution < 1.29 is 15.0 Å². The maximum Gasteiger partial charge on any atom is 0.408 e. The first kappa shape index (κ1) is 19.2. The number of amides is 1. The van der Waals surface area contributed by atoms with E-state index in [0.29, 0.717) is 21.6 Å². The Morgan fingerprint density at radius 3 is 2.62 bits per heavy atom. The summed E-state index contributed by atoms with van der Waals surface area (Å²) in [5.41, 5.74) is 0.615. The van der Waals surface area contributed by atoms with Crippen LogP contribution in [-0.4, -0.2) is 56.4 Å². The van der Waals surface area contributed by atoms with Gasteiger partial charge in [0.2, 0.25) is 5.95 Å². The van der Waals surface area contributed by atoms with Crippen LogP contribution in [0, 0.1) is 0 Å². The third-order valence-corrected chi connectivity index (χ3v) is 5.15. The third-order valence-electron chi connectivity index (χ3n) is 4.15. The van der Waals surface area contributed by atoms with Gasteiger partial charge in [-0.05, 0) is 33.6 Å². The van der Waals surface area contributed by atoms with Crippen LogP contribution in [-0.2, 0) is 6.54 Å². The van der Waals surface area contributed by atoms with Crippen LogP contribution < -0.4 is 4.90 Å². The van der Waals surface area contributed by atoms with E-state index in [1.165, 1.54) is 4.90 Å². The minimum Gasteiger partial charge on any atom is -0.465 e. The van der Waals surface area contributed by atoms with Gasteiger partial charge >= 0.3 is 6.09 Å². The fraction of sp³-hybridized carbons (Fsp3) is 0.312. The Morgan fingerprint density at radius 1 is 1.31 bits per heavy atom. The van der Waals surface area contributed by atoms with Crippen molar-refractivity contribution in [1.82, 2.24) is 14.9 Å². The number of anilines is 1. The Morgan fingerprint density at radius 2 is 2.00 bits per heavy atom. The van der Waals surface area contributed by atoms with Crippen molar-refractivity contribution in [3.63, 3.8) is 0 Å². The summed E-state index contributed by atoms with van der Waals surface area (Å²) < 4.78 is 0.738. The van der Waals surface area contributed by atoms with Crippen molar-refractivity contribution >= 4 is 51.2 Å². The molecule has 2 N–H and O–H groups in total. The van der Waals surface area contributed by atoms with Gasteiger partial charge in [0.05, 0.1) is 23.2 Å². The number of carbonyl (C=O) groups is 1. The zero-order chi connectivity index (χ0) is 18.8. The van der Waals surface area contributed by atoms with Gasteiger partial charge in [0.15, 0.2) is 0 Å². The molecule has 1 aliphatic heterocycles. The van der Waals surface area contributed by atoms with Gasteiger partial charge in [-0.2, -0.15) is 0 Å². The highest BCUT2D eigenvalue weighted by Gasteiger charge is 2.39. The number of aromatic nitrogens is 2. The van der Waals surface area contributed by atoms with Crippen LogP contribution in [0.15, 0.2) is 35.1 Å². The summed E-state index contributed by atoms with van der Waals surface area (Å²) in [5, 5.41) is 20.9. The predicted octanol–water partition coefficient (Wildman–Crippen LogP) is 3.28. The predicted molar refractivity (Wildman–Crippen MR) is 102 cm³/mol. The number of β-amino-alcohol motifs (C(OH)–C–C–N with tert-alkyl or cyclic N) is 1. The van der Waals surface area contributed by atoms with Crippen molar-refractivity contribution in [2.45, 2.75) is 18.7 Å². The van der Waals surface area contributed by atoms with E-state index in [1.807, 2.05) is 0 Å². The molecular formula is C16H15BrCl2N4O3. The van der Waals surface area contributed by atoms with Crippen LogP contribution in [0.4, 0.5) is 10.7 Å². The number of nitrogens with zero attached hydrogens (tertiary/aromatic N) is 4. The van der Waals surface area contributed by atoms with E-state index in [-0.39, 0.29) is 19.6 Å². The first-order valence-electron chi connectivity index (χ1n) is 7.69. The summed E-state index contributed by atoms with van der Waals surface area (Å²) in [6, 6.07) is 4.25. The fourth-order valence-electron chi connectivity index (χ4n) is 2.87. The van der Waals surface area contributed by atoms with Gasteiger partial charge in [0.1, 0.15) is 0 Å². The fourth-order valence-corrected chi connectivity index (χ4v) is 3.54. The molecule has 0 saturated carbocycles. The van der Waals surface area contributed by atoms with Gasteiger partial charge in [0, 0.05) is 35.5 Å². The second kappa shape index (κ2) is 7.96. The molecule has 2 aromatic rings. The molecule has 2 atom stereocenters. The maximum absolute atomic E-state index is 11.8. The van der Waals surface area contributed by atoms with Crippen LogP contribution in [0.2, 0.25) is 10.0 Å². The molecule has 1 fully saturated rings. The largest absolute Gasteiger partial charge is 0.465 e. The molecule has 26 heavy (non-hydrogen) atoms. The molecule has 1 aromatic heterocycles. The van der Waals surface area contributed by atoms with Crippen molar-refractivity contribution in [3.05, 3.63) is 50.7 Å². The first-order chi connectivity index (χ1) is 12.3. The number of benzene rings is 1. The highest BCUT2D eigenvalue weighted by molar-refractivity contribution is 9.10. The lowest BCUT2D eigenvalue weighted by Crippen LogP contribution is -2.45. The lowest BCUT2D eigenvalue weighted by molar-refractivity contribution is 0.0705. The molecule has 1 aromatic carbocycles. The lowest BCUT2D eigenvalue weighted by atomic mass is 10.1. The van der Waals surface area contributed by atoms with Crippen LogP contribution in [0.3, 0.4) is 0 Å². The molecule has 7 nitrogen and oxygen atoms in total. The van der Waals surface area contributed by atoms with Gasteiger partial charge in [-0.25, -0.2) is 14.8 Å². The molecule has 0 aliphatic carbocycles. The zero-order valence-electron chi connectivity index (χ0n) is 13.4. The van der Waals surface area contributed by atoms with Crippen LogP contribution >= 0.6 is 39.1 Å². The van der Waals surface area contributed by atoms with E-state index in [1.54, 1.807) is 35.5 Å². The van der Waals surface area contributed by atoms with Crippen molar-refractivity contribution in [3.8, 4) is 0 Å². The Bertz CT molecular complexity index is 809. The summed E-state index contributed by atoms with van der Waals surface area (Å²) in [7, 11) is 0. The van der Waals surface area contributed by atoms with Gasteiger partial charge in [-0.15, -0.1) is 0 Å². The van der Waals surface area contributed by atoms with E-state index < -0.39 is 18.2 Å². The van der Waals surface area contributed by atoms with E-state index in [4.69, 9.17) is 23.2 Å². The molecule has 1 amide bonds. The summed E-state index contributed by atoms with van der Waals surface area (Å²) in [6.45, 7) is 0.562. The molecule has 0 bridgehead atoms. The van der Waals surface area contributed by atoms with Gasteiger partial charge < -0.3 is 15.1 Å². The molecular weight excluding hydrogens is 447 g/mol. The molecule has 2 heterocycles. The Kier molecular flexibility index (Phi) is 5.86. The number of hydrogen-bond donors (Lipinski definition) is 2. The summed E-state index contributed by atoms with van der Waals surface area (Å²) in [5.74, 6) is 0.435. The molecule has 0 radical (unpaired) electrons. The molecule has 0 unspecified atom stereocenters.